The highest BCUT2D eigenvalue weighted by Gasteiger charge is 2.21. The van der Waals surface area contributed by atoms with Crippen molar-refractivity contribution in [1.29, 1.82) is 0 Å². The zero-order chi connectivity index (χ0) is 23.2. The lowest BCUT2D eigenvalue weighted by atomic mass is 10.1. The average Bonchev–Trinajstić information content (AvgIpc) is 3.31. The van der Waals surface area contributed by atoms with Crippen molar-refractivity contribution in [3.8, 4) is 22.9 Å². The molecule has 1 fully saturated rings. The van der Waals surface area contributed by atoms with Crippen molar-refractivity contribution in [3.63, 3.8) is 0 Å². The minimum atomic E-state index is -0.0103. The third kappa shape index (κ3) is 5.59. The number of benzene rings is 2. The Balaban J connectivity index is 1.28. The summed E-state index contributed by atoms with van der Waals surface area (Å²) in [4.78, 5) is 21.2. The van der Waals surface area contributed by atoms with Gasteiger partial charge >= 0.3 is 0 Å². The summed E-state index contributed by atoms with van der Waals surface area (Å²) < 4.78 is 16.0. The van der Waals surface area contributed by atoms with Crippen LogP contribution in [0.15, 0.2) is 53.1 Å². The van der Waals surface area contributed by atoms with Crippen LogP contribution in [0.25, 0.3) is 17.5 Å². The number of hydrogen-bond donors (Lipinski definition) is 0. The molecule has 1 amide bonds. The van der Waals surface area contributed by atoms with Gasteiger partial charge in [0.2, 0.25) is 17.6 Å². The number of methoxy groups -OCH3 is 2. The van der Waals surface area contributed by atoms with Crippen LogP contribution in [0.1, 0.15) is 17.0 Å². The van der Waals surface area contributed by atoms with Crippen molar-refractivity contribution in [2.24, 2.45) is 0 Å². The van der Waals surface area contributed by atoms with Gasteiger partial charge < -0.3 is 18.9 Å². The molecule has 0 saturated carbocycles. The summed E-state index contributed by atoms with van der Waals surface area (Å²) in [6.07, 6.45) is 3.39. The van der Waals surface area contributed by atoms with Crippen LogP contribution in [0, 0.1) is 6.92 Å². The smallest absolute Gasteiger partial charge is 0.246 e. The lowest BCUT2D eigenvalue weighted by Gasteiger charge is -2.33. The summed E-state index contributed by atoms with van der Waals surface area (Å²) in [6, 6.07) is 13.6. The Morgan fingerprint density at radius 2 is 1.76 bits per heavy atom. The molecule has 1 aliphatic rings. The third-order valence-electron chi connectivity index (χ3n) is 5.65. The number of carbonyl (C=O) groups excluding carboxylic acids is 1. The summed E-state index contributed by atoms with van der Waals surface area (Å²) in [7, 11) is 3.19. The van der Waals surface area contributed by atoms with Crippen molar-refractivity contribution in [2.45, 2.75) is 13.5 Å². The number of aryl methyl sites for hydroxylation is 1. The van der Waals surface area contributed by atoms with Crippen LogP contribution in [0.2, 0.25) is 0 Å². The van der Waals surface area contributed by atoms with Crippen molar-refractivity contribution in [2.75, 3.05) is 40.4 Å². The Hall–Kier alpha value is -3.65. The van der Waals surface area contributed by atoms with E-state index in [1.54, 1.807) is 26.4 Å². The predicted molar refractivity (Wildman–Crippen MR) is 125 cm³/mol. The van der Waals surface area contributed by atoms with E-state index in [0.29, 0.717) is 42.8 Å². The largest absolute Gasteiger partial charge is 0.493 e. The van der Waals surface area contributed by atoms with E-state index in [2.05, 4.69) is 15.0 Å². The van der Waals surface area contributed by atoms with Crippen LogP contribution >= 0.6 is 0 Å². The number of amides is 1. The topological polar surface area (TPSA) is 80.9 Å². The SMILES string of the molecule is COc1ccc(C=CC(=O)N2CCN(Cc3nc(-c4ccc(C)cc4)no3)CC2)cc1OC. The molecule has 4 rings (SSSR count). The maximum atomic E-state index is 12.6. The first-order valence-corrected chi connectivity index (χ1v) is 10.9. The van der Waals surface area contributed by atoms with Crippen LogP contribution < -0.4 is 9.47 Å². The van der Waals surface area contributed by atoms with Gasteiger partial charge in [-0.3, -0.25) is 9.69 Å². The van der Waals surface area contributed by atoms with Gasteiger partial charge in [-0.2, -0.15) is 4.98 Å². The summed E-state index contributed by atoms with van der Waals surface area (Å²) >= 11 is 0. The van der Waals surface area contributed by atoms with Gasteiger partial charge in [-0.05, 0) is 30.7 Å². The fourth-order valence-corrected chi connectivity index (χ4v) is 3.69. The monoisotopic (exact) mass is 448 g/mol. The second-order valence-electron chi connectivity index (χ2n) is 7.93. The van der Waals surface area contributed by atoms with Gasteiger partial charge in [0.05, 0.1) is 20.8 Å². The second kappa shape index (κ2) is 10.3. The summed E-state index contributed by atoms with van der Waals surface area (Å²) in [5, 5.41) is 4.10. The fraction of sp³-hybridized carbons (Fsp3) is 0.320. The quantitative estimate of drug-likeness (QED) is 0.512. The van der Waals surface area contributed by atoms with Crippen molar-refractivity contribution < 1.29 is 18.8 Å². The molecule has 1 aliphatic heterocycles. The molecule has 0 aliphatic carbocycles. The maximum absolute atomic E-state index is 12.6. The first-order valence-electron chi connectivity index (χ1n) is 10.9. The normalized spacial score (nSPS) is 14.6. The molecule has 1 aromatic heterocycles. The molecular weight excluding hydrogens is 420 g/mol. The van der Waals surface area contributed by atoms with Gasteiger partial charge in [0.1, 0.15) is 0 Å². The van der Waals surface area contributed by atoms with E-state index in [1.165, 1.54) is 5.56 Å². The first-order chi connectivity index (χ1) is 16.1. The number of aromatic nitrogens is 2. The van der Waals surface area contributed by atoms with Crippen molar-refractivity contribution >= 4 is 12.0 Å². The van der Waals surface area contributed by atoms with Crippen LogP contribution in [0.3, 0.4) is 0 Å². The van der Waals surface area contributed by atoms with Crippen LogP contribution in [-0.4, -0.2) is 66.2 Å². The molecule has 0 unspecified atom stereocenters. The highest BCUT2D eigenvalue weighted by molar-refractivity contribution is 5.92. The van der Waals surface area contributed by atoms with E-state index < -0.39 is 0 Å². The minimum absolute atomic E-state index is 0.0103. The molecule has 8 heteroatoms. The van der Waals surface area contributed by atoms with E-state index in [9.17, 15) is 4.79 Å². The van der Waals surface area contributed by atoms with Gasteiger partial charge in [0, 0.05) is 37.8 Å². The van der Waals surface area contributed by atoms with E-state index in [0.717, 1.165) is 24.2 Å². The molecule has 0 N–H and O–H groups in total. The Kier molecular flexibility index (Phi) is 7.04. The van der Waals surface area contributed by atoms with Gasteiger partial charge in [0.15, 0.2) is 11.5 Å². The molecule has 3 aromatic rings. The van der Waals surface area contributed by atoms with Crippen molar-refractivity contribution in [3.05, 3.63) is 65.6 Å². The number of piperazine rings is 1. The Bertz CT molecular complexity index is 1120. The minimum Gasteiger partial charge on any atom is -0.493 e. The number of ether oxygens (including phenoxy) is 2. The lowest BCUT2D eigenvalue weighted by molar-refractivity contribution is -0.127. The molecule has 172 valence electrons. The van der Waals surface area contributed by atoms with Crippen LogP contribution in [-0.2, 0) is 11.3 Å². The van der Waals surface area contributed by atoms with E-state index in [-0.39, 0.29) is 5.91 Å². The number of carbonyl (C=O) groups is 1. The molecule has 2 heterocycles. The molecule has 0 atom stereocenters. The Morgan fingerprint density at radius 1 is 1.03 bits per heavy atom. The van der Waals surface area contributed by atoms with Gasteiger partial charge in [-0.25, -0.2) is 0 Å². The first kappa shape index (κ1) is 22.5. The zero-order valence-electron chi connectivity index (χ0n) is 19.2. The average molecular weight is 449 g/mol. The summed E-state index contributed by atoms with van der Waals surface area (Å²) in [6.45, 7) is 5.41. The van der Waals surface area contributed by atoms with Crippen molar-refractivity contribution in [1.82, 2.24) is 19.9 Å². The standard InChI is InChI=1S/C25H28N4O4/c1-18-4-8-20(9-5-18)25-26-23(33-27-25)17-28-12-14-29(15-13-28)24(30)11-7-19-6-10-21(31-2)22(16-19)32-3/h4-11,16H,12-15,17H2,1-3H3. The molecular formula is C25H28N4O4. The summed E-state index contributed by atoms with van der Waals surface area (Å²) in [5.41, 5.74) is 3.00. The maximum Gasteiger partial charge on any atom is 0.246 e. The predicted octanol–water partition coefficient (Wildman–Crippen LogP) is 3.42. The molecule has 33 heavy (non-hydrogen) atoms. The van der Waals surface area contributed by atoms with Crippen LogP contribution in [0.5, 0.6) is 11.5 Å². The molecule has 0 spiro atoms. The highest BCUT2D eigenvalue weighted by atomic mass is 16.5. The summed E-state index contributed by atoms with van der Waals surface area (Å²) in [5.74, 6) is 2.46. The Morgan fingerprint density at radius 3 is 2.45 bits per heavy atom. The number of hydrogen-bond acceptors (Lipinski definition) is 7. The zero-order valence-corrected chi connectivity index (χ0v) is 19.2. The third-order valence-corrected chi connectivity index (χ3v) is 5.65. The van der Waals surface area contributed by atoms with Gasteiger partial charge in [-0.15, -0.1) is 0 Å². The molecule has 8 nitrogen and oxygen atoms in total. The molecule has 2 aromatic carbocycles. The van der Waals surface area contributed by atoms with E-state index in [1.807, 2.05) is 54.3 Å². The molecule has 1 saturated heterocycles. The fourth-order valence-electron chi connectivity index (χ4n) is 3.69. The molecule has 0 radical (unpaired) electrons. The highest BCUT2D eigenvalue weighted by Crippen LogP contribution is 2.28. The second-order valence-corrected chi connectivity index (χ2v) is 7.93. The van der Waals surface area contributed by atoms with Gasteiger partial charge in [0.25, 0.3) is 0 Å². The lowest BCUT2D eigenvalue weighted by Crippen LogP contribution is -2.47. The van der Waals surface area contributed by atoms with Gasteiger partial charge in [-0.1, -0.05) is 41.1 Å². The Labute approximate surface area is 193 Å². The van der Waals surface area contributed by atoms with Crippen LogP contribution in [0.4, 0.5) is 0 Å². The number of rotatable bonds is 7. The van der Waals surface area contributed by atoms with E-state index >= 15 is 0 Å². The van der Waals surface area contributed by atoms with E-state index in [4.69, 9.17) is 14.0 Å². The number of nitrogens with zero attached hydrogens (tertiary/aromatic N) is 4. The molecule has 0 bridgehead atoms.